The van der Waals surface area contributed by atoms with Crippen molar-refractivity contribution in [2.75, 3.05) is 27.0 Å². The fourth-order valence-corrected chi connectivity index (χ4v) is 2.15. The Morgan fingerprint density at radius 2 is 2.00 bits per heavy atom. The molecular formula is C13H21NOS. The molecule has 0 fully saturated rings. The number of ether oxygens (including phenoxy) is 1. The van der Waals surface area contributed by atoms with Crippen LogP contribution >= 0.6 is 11.8 Å². The molecule has 0 aliphatic carbocycles. The molecule has 1 unspecified atom stereocenters. The quantitative estimate of drug-likeness (QED) is 0.583. The van der Waals surface area contributed by atoms with Gasteiger partial charge in [0.05, 0.1) is 0 Å². The molecule has 0 bridgehead atoms. The maximum absolute atomic E-state index is 5.08. The topological polar surface area (TPSA) is 21.3 Å². The highest BCUT2D eigenvalue weighted by atomic mass is 32.2. The van der Waals surface area contributed by atoms with Crippen LogP contribution in [-0.4, -0.2) is 27.0 Å². The van der Waals surface area contributed by atoms with E-state index in [1.54, 1.807) is 18.9 Å². The van der Waals surface area contributed by atoms with E-state index in [0.29, 0.717) is 6.04 Å². The molecule has 1 aromatic carbocycles. The molecule has 1 atom stereocenters. The standard InChI is InChI=1S/C13H21NOS/c1-14-13(5-4-10-15-2)11-6-8-12(16-3)9-7-11/h6-9,13-14H,4-5,10H2,1-3H3. The number of rotatable bonds is 7. The molecule has 0 saturated heterocycles. The fraction of sp³-hybridized carbons (Fsp3) is 0.538. The second-order valence-corrected chi connectivity index (χ2v) is 4.63. The van der Waals surface area contributed by atoms with Crippen LogP contribution in [-0.2, 0) is 4.74 Å². The summed E-state index contributed by atoms with van der Waals surface area (Å²) in [6.45, 7) is 0.834. The Hall–Kier alpha value is -0.510. The van der Waals surface area contributed by atoms with Crippen LogP contribution < -0.4 is 5.32 Å². The van der Waals surface area contributed by atoms with E-state index in [1.165, 1.54) is 10.5 Å². The smallest absolute Gasteiger partial charge is 0.0462 e. The summed E-state index contributed by atoms with van der Waals surface area (Å²) in [5, 5.41) is 3.35. The molecule has 0 radical (unpaired) electrons. The third kappa shape index (κ3) is 4.16. The number of thioether (sulfide) groups is 1. The van der Waals surface area contributed by atoms with Gasteiger partial charge in [-0.15, -0.1) is 11.8 Å². The molecule has 1 rings (SSSR count). The molecule has 0 amide bonds. The number of hydrogen-bond acceptors (Lipinski definition) is 3. The van der Waals surface area contributed by atoms with Crippen molar-refractivity contribution in [3.8, 4) is 0 Å². The van der Waals surface area contributed by atoms with Crippen LogP contribution in [0.3, 0.4) is 0 Å². The predicted octanol–water partition coefficient (Wildman–Crippen LogP) is 3.10. The first kappa shape index (κ1) is 13.6. The van der Waals surface area contributed by atoms with Crippen molar-refractivity contribution < 1.29 is 4.74 Å². The summed E-state index contributed by atoms with van der Waals surface area (Å²) >= 11 is 1.78. The summed E-state index contributed by atoms with van der Waals surface area (Å²) in [5.74, 6) is 0. The first-order chi connectivity index (χ1) is 7.81. The van der Waals surface area contributed by atoms with Gasteiger partial charge in [-0.3, -0.25) is 0 Å². The third-order valence-electron chi connectivity index (χ3n) is 2.71. The first-order valence-corrected chi connectivity index (χ1v) is 6.84. The van der Waals surface area contributed by atoms with E-state index < -0.39 is 0 Å². The molecule has 2 nitrogen and oxygen atoms in total. The molecule has 0 saturated carbocycles. The zero-order chi connectivity index (χ0) is 11.8. The van der Waals surface area contributed by atoms with Crippen LogP contribution in [0.2, 0.25) is 0 Å². The summed E-state index contributed by atoms with van der Waals surface area (Å²) in [6.07, 6.45) is 4.30. The SMILES string of the molecule is CNC(CCCOC)c1ccc(SC)cc1. The van der Waals surface area contributed by atoms with Gasteiger partial charge >= 0.3 is 0 Å². The van der Waals surface area contributed by atoms with E-state index in [-0.39, 0.29) is 0 Å². The fourth-order valence-electron chi connectivity index (χ4n) is 1.75. The van der Waals surface area contributed by atoms with Gasteiger partial charge in [0.2, 0.25) is 0 Å². The Morgan fingerprint density at radius 1 is 1.31 bits per heavy atom. The van der Waals surface area contributed by atoms with E-state index in [9.17, 15) is 0 Å². The van der Waals surface area contributed by atoms with Gasteiger partial charge in [-0.1, -0.05) is 12.1 Å². The highest BCUT2D eigenvalue weighted by molar-refractivity contribution is 7.98. The largest absolute Gasteiger partial charge is 0.385 e. The lowest BCUT2D eigenvalue weighted by Gasteiger charge is -2.16. The Balaban J connectivity index is 2.56. The van der Waals surface area contributed by atoms with E-state index in [4.69, 9.17) is 4.74 Å². The molecule has 0 heterocycles. The van der Waals surface area contributed by atoms with Gasteiger partial charge in [-0.25, -0.2) is 0 Å². The normalized spacial score (nSPS) is 12.7. The molecule has 0 spiro atoms. The van der Waals surface area contributed by atoms with Crippen molar-refractivity contribution in [1.82, 2.24) is 5.32 Å². The molecule has 0 aliphatic rings. The van der Waals surface area contributed by atoms with Crippen LogP contribution in [0.25, 0.3) is 0 Å². The molecule has 0 aliphatic heterocycles. The van der Waals surface area contributed by atoms with Crippen molar-refractivity contribution in [1.29, 1.82) is 0 Å². The molecule has 16 heavy (non-hydrogen) atoms. The number of benzene rings is 1. The highest BCUT2D eigenvalue weighted by Crippen LogP contribution is 2.21. The third-order valence-corrected chi connectivity index (χ3v) is 3.45. The Morgan fingerprint density at radius 3 is 2.50 bits per heavy atom. The van der Waals surface area contributed by atoms with Gasteiger partial charge in [-0.05, 0) is 43.8 Å². The summed E-state index contributed by atoms with van der Waals surface area (Å²) in [4.78, 5) is 1.32. The predicted molar refractivity (Wildman–Crippen MR) is 71.1 cm³/mol. The van der Waals surface area contributed by atoms with E-state index in [2.05, 4.69) is 35.8 Å². The molecule has 1 N–H and O–H groups in total. The molecular weight excluding hydrogens is 218 g/mol. The summed E-state index contributed by atoms with van der Waals surface area (Å²) < 4.78 is 5.08. The lowest BCUT2D eigenvalue weighted by molar-refractivity contribution is 0.189. The van der Waals surface area contributed by atoms with Crippen LogP contribution in [0, 0.1) is 0 Å². The summed E-state index contributed by atoms with van der Waals surface area (Å²) in [6, 6.07) is 9.21. The summed E-state index contributed by atoms with van der Waals surface area (Å²) in [7, 11) is 3.77. The molecule has 90 valence electrons. The average molecular weight is 239 g/mol. The van der Waals surface area contributed by atoms with E-state index >= 15 is 0 Å². The molecule has 3 heteroatoms. The van der Waals surface area contributed by atoms with Gasteiger partial charge in [0.1, 0.15) is 0 Å². The van der Waals surface area contributed by atoms with Crippen LogP contribution in [0.5, 0.6) is 0 Å². The van der Waals surface area contributed by atoms with Gasteiger partial charge in [0.25, 0.3) is 0 Å². The number of nitrogens with one attached hydrogen (secondary N) is 1. The monoisotopic (exact) mass is 239 g/mol. The highest BCUT2D eigenvalue weighted by Gasteiger charge is 2.08. The first-order valence-electron chi connectivity index (χ1n) is 5.62. The van der Waals surface area contributed by atoms with Gasteiger partial charge in [0, 0.05) is 24.7 Å². The zero-order valence-electron chi connectivity index (χ0n) is 10.3. The average Bonchev–Trinajstić information content (AvgIpc) is 2.35. The Labute approximate surface area is 103 Å². The van der Waals surface area contributed by atoms with Crippen LogP contribution in [0.1, 0.15) is 24.4 Å². The van der Waals surface area contributed by atoms with Gasteiger partial charge in [-0.2, -0.15) is 0 Å². The maximum atomic E-state index is 5.08. The van der Waals surface area contributed by atoms with E-state index in [0.717, 1.165) is 19.4 Å². The van der Waals surface area contributed by atoms with Crippen LogP contribution in [0.15, 0.2) is 29.2 Å². The lowest BCUT2D eigenvalue weighted by Crippen LogP contribution is -2.16. The minimum Gasteiger partial charge on any atom is -0.385 e. The Bertz CT molecular complexity index is 286. The van der Waals surface area contributed by atoms with Crippen molar-refractivity contribution in [2.24, 2.45) is 0 Å². The van der Waals surface area contributed by atoms with Crippen LogP contribution in [0.4, 0.5) is 0 Å². The minimum absolute atomic E-state index is 0.436. The number of methoxy groups -OCH3 is 1. The van der Waals surface area contributed by atoms with Gasteiger partial charge < -0.3 is 10.1 Å². The second kappa shape index (κ2) is 7.71. The Kier molecular flexibility index (Phi) is 6.53. The molecule has 1 aromatic rings. The molecule has 0 aromatic heterocycles. The van der Waals surface area contributed by atoms with Crippen molar-refractivity contribution in [2.45, 2.75) is 23.8 Å². The number of hydrogen-bond donors (Lipinski definition) is 1. The maximum Gasteiger partial charge on any atom is 0.0462 e. The minimum atomic E-state index is 0.436. The zero-order valence-corrected chi connectivity index (χ0v) is 11.1. The second-order valence-electron chi connectivity index (χ2n) is 3.75. The van der Waals surface area contributed by atoms with Crippen molar-refractivity contribution >= 4 is 11.8 Å². The van der Waals surface area contributed by atoms with E-state index in [1.807, 2.05) is 7.05 Å². The summed E-state index contributed by atoms with van der Waals surface area (Å²) in [5.41, 5.74) is 1.36. The van der Waals surface area contributed by atoms with Crippen molar-refractivity contribution in [3.63, 3.8) is 0 Å². The lowest BCUT2D eigenvalue weighted by atomic mass is 10.0. The van der Waals surface area contributed by atoms with Crippen molar-refractivity contribution in [3.05, 3.63) is 29.8 Å². The van der Waals surface area contributed by atoms with Gasteiger partial charge in [0.15, 0.2) is 0 Å².